The Balaban J connectivity index is 1.56. The second kappa shape index (κ2) is 8.39. The normalized spacial score (nSPS) is 16.5. The van der Waals surface area contributed by atoms with Crippen LogP contribution in [0.2, 0.25) is 0 Å². The molecule has 3 N–H and O–H groups in total. The molecule has 1 aliphatic rings. The van der Waals surface area contributed by atoms with Crippen LogP contribution in [0.25, 0.3) is 0 Å². The molecule has 3 heterocycles. The second-order valence-corrected chi connectivity index (χ2v) is 6.87. The molecule has 8 heteroatoms. The molecule has 24 heavy (non-hydrogen) atoms. The van der Waals surface area contributed by atoms with Crippen LogP contribution in [-0.4, -0.2) is 43.9 Å². The zero-order valence-corrected chi connectivity index (χ0v) is 14.8. The van der Waals surface area contributed by atoms with Crippen LogP contribution in [-0.2, 0) is 4.74 Å². The van der Waals surface area contributed by atoms with Crippen molar-refractivity contribution in [1.82, 2.24) is 10.6 Å². The highest BCUT2D eigenvalue weighted by molar-refractivity contribution is 7.80. The molecule has 0 aromatic carbocycles. The van der Waals surface area contributed by atoms with E-state index in [4.69, 9.17) is 21.4 Å². The van der Waals surface area contributed by atoms with E-state index in [9.17, 15) is 4.79 Å². The summed E-state index contributed by atoms with van der Waals surface area (Å²) in [5, 5.41) is 8.20. The Morgan fingerprint density at radius 2 is 2.17 bits per heavy atom. The van der Waals surface area contributed by atoms with Gasteiger partial charge in [-0.3, -0.25) is 10.1 Å². The molecule has 0 unspecified atom stereocenters. The maximum atomic E-state index is 11.9. The van der Waals surface area contributed by atoms with Crippen molar-refractivity contribution in [2.45, 2.75) is 6.04 Å². The van der Waals surface area contributed by atoms with Crippen molar-refractivity contribution < 1.29 is 18.8 Å². The third-order valence-corrected chi connectivity index (χ3v) is 5.19. The molecule has 1 saturated heterocycles. The van der Waals surface area contributed by atoms with E-state index in [-0.39, 0.29) is 17.7 Å². The van der Waals surface area contributed by atoms with Crippen LogP contribution < -0.4 is 15.5 Å². The summed E-state index contributed by atoms with van der Waals surface area (Å²) in [7, 11) is 0. The van der Waals surface area contributed by atoms with Crippen molar-refractivity contribution in [1.29, 1.82) is 0 Å². The second-order valence-electron chi connectivity index (χ2n) is 5.48. The molecule has 2 aromatic heterocycles. The van der Waals surface area contributed by atoms with Gasteiger partial charge in [-0.25, -0.2) is 0 Å². The lowest BCUT2D eigenvalue weighted by Gasteiger charge is -2.31. The van der Waals surface area contributed by atoms with Crippen LogP contribution in [0.5, 0.6) is 0 Å². The van der Waals surface area contributed by atoms with Gasteiger partial charge in [-0.1, -0.05) is 6.07 Å². The SMILES string of the molecule is O=C(NC(=S)NC[C@@H](c1cccs1)[NH+]1CCOCC1)c1ccco1. The summed E-state index contributed by atoms with van der Waals surface area (Å²) in [4.78, 5) is 14.7. The van der Waals surface area contributed by atoms with Gasteiger partial charge in [0.1, 0.15) is 19.1 Å². The lowest BCUT2D eigenvalue weighted by molar-refractivity contribution is -0.937. The molecule has 0 aliphatic carbocycles. The summed E-state index contributed by atoms with van der Waals surface area (Å²) in [6, 6.07) is 7.75. The van der Waals surface area contributed by atoms with Crippen LogP contribution in [0.4, 0.5) is 0 Å². The monoisotopic (exact) mass is 366 g/mol. The first-order valence-corrected chi connectivity index (χ1v) is 9.11. The standard InChI is InChI=1S/C16H19N3O3S2/c20-15(13-3-1-7-22-13)18-16(23)17-11-12(14-4-2-10-24-14)19-5-8-21-9-6-19/h1-4,7,10,12H,5-6,8-9,11H2,(H2,17,18,20,23)/p+1/t12-/m0/s1. The Labute approximate surface area is 149 Å². The highest BCUT2D eigenvalue weighted by atomic mass is 32.1. The summed E-state index contributed by atoms with van der Waals surface area (Å²) in [5.74, 6) is -0.100. The number of thiocarbonyl (C=S) groups is 1. The molecule has 1 atom stereocenters. The fraction of sp³-hybridized carbons (Fsp3) is 0.375. The lowest BCUT2D eigenvalue weighted by atomic mass is 10.2. The number of rotatable bonds is 5. The van der Waals surface area contributed by atoms with Gasteiger partial charge in [0.15, 0.2) is 10.9 Å². The van der Waals surface area contributed by atoms with Crippen LogP contribution in [0.15, 0.2) is 40.3 Å². The number of thiophene rings is 1. The average Bonchev–Trinajstić information content (AvgIpc) is 3.30. The molecule has 1 amide bonds. The summed E-state index contributed by atoms with van der Waals surface area (Å²) in [6.07, 6.45) is 1.46. The molecule has 0 spiro atoms. The minimum atomic E-state index is -0.344. The number of hydrogen-bond donors (Lipinski definition) is 3. The van der Waals surface area contributed by atoms with Gasteiger partial charge in [-0.05, 0) is 35.8 Å². The number of ether oxygens (including phenoxy) is 1. The van der Waals surface area contributed by atoms with Crippen LogP contribution in [0.3, 0.4) is 0 Å². The molecular weight excluding hydrogens is 346 g/mol. The number of hydrogen-bond acceptors (Lipinski definition) is 5. The van der Waals surface area contributed by atoms with Crippen molar-refractivity contribution in [3.63, 3.8) is 0 Å². The maximum Gasteiger partial charge on any atom is 0.293 e. The summed E-state index contributed by atoms with van der Waals surface area (Å²) >= 11 is 6.98. The first kappa shape index (κ1) is 17.1. The molecule has 0 saturated carbocycles. The van der Waals surface area contributed by atoms with Crippen LogP contribution in [0.1, 0.15) is 21.5 Å². The minimum Gasteiger partial charge on any atom is -0.459 e. The first-order valence-electron chi connectivity index (χ1n) is 7.82. The van der Waals surface area contributed by atoms with Gasteiger partial charge < -0.3 is 19.4 Å². The maximum absolute atomic E-state index is 11.9. The molecule has 6 nitrogen and oxygen atoms in total. The van der Waals surface area contributed by atoms with Gasteiger partial charge in [-0.15, -0.1) is 11.3 Å². The smallest absolute Gasteiger partial charge is 0.293 e. The van der Waals surface area contributed by atoms with E-state index in [2.05, 4.69) is 28.1 Å². The number of furan rings is 1. The molecule has 3 rings (SSSR count). The Morgan fingerprint density at radius 3 is 2.83 bits per heavy atom. The predicted molar refractivity (Wildman–Crippen MR) is 95.4 cm³/mol. The van der Waals surface area contributed by atoms with Crippen molar-refractivity contribution in [2.24, 2.45) is 0 Å². The minimum absolute atomic E-state index is 0.243. The topological polar surface area (TPSA) is 67.9 Å². The molecule has 128 valence electrons. The molecule has 1 aliphatic heterocycles. The zero-order chi connectivity index (χ0) is 16.8. The van der Waals surface area contributed by atoms with E-state index in [1.807, 2.05) is 0 Å². The van der Waals surface area contributed by atoms with Gasteiger partial charge in [0.2, 0.25) is 0 Å². The van der Waals surface area contributed by atoms with Gasteiger partial charge in [-0.2, -0.15) is 0 Å². The fourth-order valence-electron chi connectivity index (χ4n) is 2.73. The third-order valence-electron chi connectivity index (χ3n) is 3.95. The molecular formula is C16H20N3O3S2+. The molecule has 2 aromatic rings. The largest absolute Gasteiger partial charge is 0.459 e. The summed E-state index contributed by atoms with van der Waals surface area (Å²) < 4.78 is 10.5. The van der Waals surface area contributed by atoms with Gasteiger partial charge in [0.25, 0.3) is 5.91 Å². The Bertz CT molecular complexity index is 652. The van der Waals surface area contributed by atoms with E-state index >= 15 is 0 Å². The van der Waals surface area contributed by atoms with Crippen molar-refractivity contribution in [3.05, 3.63) is 46.5 Å². The number of carbonyl (C=O) groups excluding carboxylic acids is 1. The fourth-order valence-corrected chi connectivity index (χ4v) is 3.79. The Hall–Kier alpha value is -1.74. The van der Waals surface area contributed by atoms with Crippen molar-refractivity contribution in [2.75, 3.05) is 32.8 Å². The van der Waals surface area contributed by atoms with Gasteiger partial charge in [0, 0.05) is 0 Å². The summed E-state index contributed by atoms with van der Waals surface area (Å²) in [5.41, 5.74) is 0. The van der Waals surface area contributed by atoms with E-state index in [0.29, 0.717) is 11.7 Å². The number of nitrogens with one attached hydrogen (secondary N) is 3. The molecule has 0 radical (unpaired) electrons. The lowest BCUT2D eigenvalue weighted by Crippen LogP contribution is -3.15. The highest BCUT2D eigenvalue weighted by Crippen LogP contribution is 2.16. The van der Waals surface area contributed by atoms with E-state index < -0.39 is 0 Å². The van der Waals surface area contributed by atoms with Gasteiger partial charge in [0.05, 0.1) is 30.9 Å². The Morgan fingerprint density at radius 1 is 1.33 bits per heavy atom. The first-order chi connectivity index (χ1) is 11.7. The number of quaternary nitrogens is 1. The van der Waals surface area contributed by atoms with E-state index in [0.717, 1.165) is 26.3 Å². The average molecular weight is 366 g/mol. The summed E-state index contributed by atoms with van der Waals surface area (Å²) in [6.45, 7) is 4.15. The predicted octanol–water partition coefficient (Wildman–Crippen LogP) is 0.602. The number of carbonyl (C=O) groups is 1. The van der Waals surface area contributed by atoms with Crippen LogP contribution in [0, 0.1) is 0 Å². The van der Waals surface area contributed by atoms with Crippen LogP contribution >= 0.6 is 23.6 Å². The molecule has 0 bridgehead atoms. The van der Waals surface area contributed by atoms with E-state index in [1.165, 1.54) is 16.0 Å². The zero-order valence-electron chi connectivity index (χ0n) is 13.1. The Kier molecular flexibility index (Phi) is 5.97. The van der Waals surface area contributed by atoms with E-state index in [1.54, 1.807) is 23.5 Å². The number of morpholine rings is 1. The van der Waals surface area contributed by atoms with Crippen molar-refractivity contribution >= 4 is 34.6 Å². The quantitative estimate of drug-likeness (QED) is 0.677. The molecule has 1 fully saturated rings. The van der Waals surface area contributed by atoms with Crippen molar-refractivity contribution in [3.8, 4) is 0 Å². The highest BCUT2D eigenvalue weighted by Gasteiger charge is 2.27. The van der Waals surface area contributed by atoms with Gasteiger partial charge >= 0.3 is 0 Å². The number of amides is 1. The third kappa shape index (κ3) is 4.41.